The number of rotatable bonds is 5. The Morgan fingerprint density at radius 3 is 2.65 bits per heavy atom. The molecule has 3 aromatic rings. The molecule has 0 aliphatic carbocycles. The van der Waals surface area contributed by atoms with Gasteiger partial charge in [0.15, 0.2) is 0 Å². The second-order valence-electron chi connectivity index (χ2n) is 5.30. The Balaban J connectivity index is 1.90. The standard InChI is InChI=1S/C15H19N5O2S/c1-4-20-13-8-6-5-7-12(13)18-15(20)10-17-23(21,22)14-9-16-19(3)11(14)2/h5-9,17H,4,10H2,1-3H3. The molecule has 1 aromatic carbocycles. The zero-order valence-corrected chi connectivity index (χ0v) is 14.1. The Bertz CT molecular complexity index is 956. The third-order valence-corrected chi connectivity index (χ3v) is 5.45. The van der Waals surface area contributed by atoms with Gasteiger partial charge in [0.05, 0.1) is 29.5 Å². The van der Waals surface area contributed by atoms with E-state index in [9.17, 15) is 8.42 Å². The van der Waals surface area contributed by atoms with Gasteiger partial charge in [-0.2, -0.15) is 5.10 Å². The molecule has 0 aliphatic heterocycles. The van der Waals surface area contributed by atoms with Gasteiger partial charge in [-0.25, -0.2) is 18.1 Å². The van der Waals surface area contributed by atoms with E-state index < -0.39 is 10.0 Å². The van der Waals surface area contributed by atoms with E-state index in [1.54, 1.807) is 14.0 Å². The molecule has 0 saturated heterocycles. The van der Waals surface area contributed by atoms with Crippen LogP contribution < -0.4 is 4.72 Å². The van der Waals surface area contributed by atoms with Gasteiger partial charge in [-0.05, 0) is 26.0 Å². The average Bonchev–Trinajstić information content (AvgIpc) is 3.06. The third kappa shape index (κ3) is 2.75. The molecule has 0 atom stereocenters. The smallest absolute Gasteiger partial charge is 0.244 e. The van der Waals surface area contributed by atoms with E-state index in [1.165, 1.54) is 10.9 Å². The number of aryl methyl sites for hydroxylation is 2. The van der Waals surface area contributed by atoms with Gasteiger partial charge >= 0.3 is 0 Å². The molecule has 23 heavy (non-hydrogen) atoms. The van der Waals surface area contributed by atoms with Crippen molar-refractivity contribution >= 4 is 21.1 Å². The Kier molecular flexibility index (Phi) is 3.95. The predicted octanol–water partition coefficient (Wildman–Crippen LogP) is 1.58. The Labute approximate surface area is 135 Å². The van der Waals surface area contributed by atoms with Crippen molar-refractivity contribution in [3.05, 3.63) is 42.0 Å². The number of hydrogen-bond acceptors (Lipinski definition) is 4. The SMILES string of the molecule is CCn1c(CNS(=O)(=O)c2cnn(C)c2C)nc2ccccc21. The van der Waals surface area contributed by atoms with E-state index in [-0.39, 0.29) is 11.4 Å². The number of imidazole rings is 1. The fourth-order valence-electron chi connectivity index (χ4n) is 2.59. The van der Waals surface area contributed by atoms with Gasteiger partial charge in [0.1, 0.15) is 10.7 Å². The van der Waals surface area contributed by atoms with Crippen LogP contribution in [0.25, 0.3) is 11.0 Å². The van der Waals surface area contributed by atoms with Gasteiger partial charge in [0.25, 0.3) is 0 Å². The van der Waals surface area contributed by atoms with Gasteiger partial charge in [-0.15, -0.1) is 0 Å². The molecular formula is C15H19N5O2S. The van der Waals surface area contributed by atoms with Gasteiger partial charge in [-0.3, -0.25) is 4.68 Å². The highest BCUT2D eigenvalue weighted by Crippen LogP contribution is 2.17. The van der Waals surface area contributed by atoms with Crippen molar-refractivity contribution < 1.29 is 8.42 Å². The molecule has 0 unspecified atom stereocenters. The van der Waals surface area contributed by atoms with Crippen molar-refractivity contribution in [2.45, 2.75) is 31.8 Å². The zero-order valence-electron chi connectivity index (χ0n) is 13.3. The molecule has 0 bridgehead atoms. The summed E-state index contributed by atoms with van der Waals surface area (Å²) in [5.41, 5.74) is 2.46. The third-order valence-electron chi connectivity index (χ3n) is 3.95. The number of hydrogen-bond donors (Lipinski definition) is 1. The number of sulfonamides is 1. The average molecular weight is 333 g/mol. The first kappa shape index (κ1) is 15.7. The minimum Gasteiger partial charge on any atom is -0.327 e. The highest BCUT2D eigenvalue weighted by atomic mass is 32.2. The number of nitrogens with one attached hydrogen (secondary N) is 1. The molecule has 8 heteroatoms. The summed E-state index contributed by atoms with van der Waals surface area (Å²) in [6.07, 6.45) is 1.36. The van der Waals surface area contributed by atoms with Crippen LogP contribution in [0, 0.1) is 6.92 Å². The number of fused-ring (bicyclic) bond motifs is 1. The Morgan fingerprint density at radius 2 is 2.00 bits per heavy atom. The first-order valence-electron chi connectivity index (χ1n) is 7.36. The van der Waals surface area contributed by atoms with Crippen molar-refractivity contribution in [1.82, 2.24) is 24.1 Å². The van der Waals surface area contributed by atoms with Crippen LogP contribution in [-0.2, 0) is 30.2 Å². The van der Waals surface area contributed by atoms with Gasteiger partial charge < -0.3 is 4.57 Å². The molecule has 0 spiro atoms. The van der Waals surface area contributed by atoms with E-state index in [4.69, 9.17) is 0 Å². The quantitative estimate of drug-likeness (QED) is 0.768. The molecule has 0 fully saturated rings. The fraction of sp³-hybridized carbons (Fsp3) is 0.333. The lowest BCUT2D eigenvalue weighted by molar-refractivity contribution is 0.575. The van der Waals surface area contributed by atoms with Crippen molar-refractivity contribution in [2.75, 3.05) is 0 Å². The number of benzene rings is 1. The van der Waals surface area contributed by atoms with Gasteiger partial charge in [0.2, 0.25) is 10.0 Å². The van der Waals surface area contributed by atoms with Crippen LogP contribution >= 0.6 is 0 Å². The van der Waals surface area contributed by atoms with Crippen LogP contribution in [0.5, 0.6) is 0 Å². The highest BCUT2D eigenvalue weighted by Gasteiger charge is 2.21. The van der Waals surface area contributed by atoms with Crippen molar-refractivity contribution in [3.63, 3.8) is 0 Å². The minimum absolute atomic E-state index is 0.138. The largest absolute Gasteiger partial charge is 0.327 e. The normalized spacial score (nSPS) is 12.1. The van der Waals surface area contributed by atoms with E-state index in [0.29, 0.717) is 11.5 Å². The monoisotopic (exact) mass is 333 g/mol. The number of nitrogens with zero attached hydrogens (tertiary/aromatic N) is 4. The summed E-state index contributed by atoms with van der Waals surface area (Å²) in [6.45, 7) is 4.60. The summed E-state index contributed by atoms with van der Waals surface area (Å²) in [4.78, 5) is 4.72. The first-order chi connectivity index (χ1) is 10.9. The summed E-state index contributed by atoms with van der Waals surface area (Å²) >= 11 is 0. The Hall–Kier alpha value is -2.19. The predicted molar refractivity (Wildman–Crippen MR) is 87.4 cm³/mol. The maximum atomic E-state index is 12.5. The molecule has 3 rings (SSSR count). The van der Waals surface area contributed by atoms with Crippen LogP contribution in [0.2, 0.25) is 0 Å². The van der Waals surface area contributed by atoms with Gasteiger partial charge in [-0.1, -0.05) is 12.1 Å². The molecule has 1 N–H and O–H groups in total. The lowest BCUT2D eigenvalue weighted by Gasteiger charge is -2.08. The highest BCUT2D eigenvalue weighted by molar-refractivity contribution is 7.89. The molecule has 2 aromatic heterocycles. The minimum atomic E-state index is -3.62. The van der Waals surface area contributed by atoms with Gasteiger partial charge in [0, 0.05) is 13.6 Å². The van der Waals surface area contributed by atoms with Crippen molar-refractivity contribution in [1.29, 1.82) is 0 Å². The van der Waals surface area contributed by atoms with Crippen LogP contribution in [0.1, 0.15) is 18.4 Å². The first-order valence-corrected chi connectivity index (χ1v) is 8.84. The molecule has 0 saturated carbocycles. The summed E-state index contributed by atoms with van der Waals surface area (Å²) in [6, 6.07) is 7.77. The molecule has 0 amide bonds. The topological polar surface area (TPSA) is 81.8 Å². The molecule has 0 aliphatic rings. The van der Waals surface area contributed by atoms with E-state index in [2.05, 4.69) is 14.8 Å². The van der Waals surface area contributed by atoms with Crippen LogP contribution in [-0.4, -0.2) is 27.7 Å². The molecular weight excluding hydrogens is 314 g/mol. The van der Waals surface area contributed by atoms with Crippen LogP contribution in [0.4, 0.5) is 0 Å². The Morgan fingerprint density at radius 1 is 1.26 bits per heavy atom. The van der Waals surface area contributed by atoms with E-state index in [0.717, 1.165) is 17.6 Å². The second kappa shape index (κ2) is 5.78. The molecule has 2 heterocycles. The summed E-state index contributed by atoms with van der Waals surface area (Å²) in [7, 11) is -1.90. The number of aromatic nitrogens is 4. The van der Waals surface area contributed by atoms with Crippen molar-refractivity contribution in [3.8, 4) is 0 Å². The summed E-state index contributed by atoms with van der Waals surface area (Å²) < 4.78 is 31.1. The zero-order chi connectivity index (χ0) is 16.6. The second-order valence-corrected chi connectivity index (χ2v) is 7.04. The number of para-hydroxylation sites is 2. The molecule has 7 nitrogen and oxygen atoms in total. The molecule has 0 radical (unpaired) electrons. The lowest BCUT2D eigenvalue weighted by atomic mass is 10.3. The van der Waals surface area contributed by atoms with E-state index in [1.807, 2.05) is 35.8 Å². The van der Waals surface area contributed by atoms with E-state index >= 15 is 0 Å². The lowest BCUT2D eigenvalue weighted by Crippen LogP contribution is -2.25. The molecule has 122 valence electrons. The van der Waals surface area contributed by atoms with Crippen LogP contribution in [0.15, 0.2) is 35.4 Å². The van der Waals surface area contributed by atoms with Crippen LogP contribution in [0.3, 0.4) is 0 Å². The summed E-state index contributed by atoms with van der Waals surface area (Å²) in [5, 5.41) is 3.98. The maximum Gasteiger partial charge on any atom is 0.244 e. The summed E-state index contributed by atoms with van der Waals surface area (Å²) in [5.74, 6) is 0.693. The fourth-order valence-corrected chi connectivity index (χ4v) is 3.77. The van der Waals surface area contributed by atoms with Crippen molar-refractivity contribution in [2.24, 2.45) is 7.05 Å². The maximum absolute atomic E-state index is 12.5.